The third kappa shape index (κ3) is 3.87. The molecule has 6 nitrogen and oxygen atoms in total. The fraction of sp³-hybridized carbons (Fsp3) is 0.833. The first-order chi connectivity index (χ1) is 8.43. The Morgan fingerprint density at radius 1 is 1.44 bits per heavy atom. The third-order valence-corrected chi connectivity index (χ3v) is 3.35. The van der Waals surface area contributed by atoms with Crippen molar-refractivity contribution in [1.82, 2.24) is 15.5 Å². The molecular weight excluding hydrogens is 234 g/mol. The van der Waals surface area contributed by atoms with Crippen LogP contribution in [0.25, 0.3) is 0 Å². The van der Waals surface area contributed by atoms with Crippen molar-refractivity contribution in [3.63, 3.8) is 0 Å². The maximum atomic E-state index is 12.0. The summed E-state index contributed by atoms with van der Waals surface area (Å²) in [6.07, 6.45) is 1.99. The summed E-state index contributed by atoms with van der Waals surface area (Å²) < 4.78 is 0. The van der Waals surface area contributed by atoms with E-state index in [0.717, 1.165) is 25.9 Å². The van der Waals surface area contributed by atoms with Crippen molar-refractivity contribution in [3.8, 4) is 0 Å². The zero-order valence-electron chi connectivity index (χ0n) is 11.3. The standard InChI is InChI=1S/C12H23N3O3/c1-8(2)10(11(16)17)14-12(18)15(3)9-5-4-6-13-7-9/h8-10,13H,4-7H2,1-3H3,(H,14,18)(H,16,17)/t9-,10-/m0/s1. The number of nitrogens with zero attached hydrogens (tertiary/aromatic N) is 1. The summed E-state index contributed by atoms with van der Waals surface area (Å²) in [4.78, 5) is 24.6. The number of piperidine rings is 1. The molecule has 1 saturated heterocycles. The number of carboxylic acids is 1. The van der Waals surface area contributed by atoms with E-state index in [-0.39, 0.29) is 18.0 Å². The lowest BCUT2D eigenvalue weighted by molar-refractivity contribution is -0.140. The lowest BCUT2D eigenvalue weighted by Crippen LogP contribution is -2.54. The van der Waals surface area contributed by atoms with Crippen molar-refractivity contribution in [3.05, 3.63) is 0 Å². The predicted octanol–water partition coefficient (Wildman–Crippen LogP) is 0.489. The van der Waals surface area contributed by atoms with Crippen LogP contribution < -0.4 is 10.6 Å². The molecule has 2 amide bonds. The number of amides is 2. The molecule has 18 heavy (non-hydrogen) atoms. The van der Waals surface area contributed by atoms with Crippen LogP contribution in [-0.2, 0) is 4.79 Å². The van der Waals surface area contributed by atoms with Crippen molar-refractivity contribution in [2.75, 3.05) is 20.1 Å². The second kappa shape index (κ2) is 6.58. The molecule has 0 aromatic heterocycles. The molecule has 0 bridgehead atoms. The van der Waals surface area contributed by atoms with Gasteiger partial charge in [0.15, 0.2) is 0 Å². The second-order valence-corrected chi connectivity index (χ2v) is 5.12. The lowest BCUT2D eigenvalue weighted by atomic mass is 10.0. The number of rotatable bonds is 4. The van der Waals surface area contributed by atoms with Gasteiger partial charge in [0.25, 0.3) is 0 Å². The van der Waals surface area contributed by atoms with Crippen LogP contribution in [0.2, 0.25) is 0 Å². The van der Waals surface area contributed by atoms with Crippen molar-refractivity contribution < 1.29 is 14.7 Å². The average Bonchev–Trinajstić information content (AvgIpc) is 2.35. The van der Waals surface area contributed by atoms with E-state index in [1.165, 1.54) is 0 Å². The third-order valence-electron chi connectivity index (χ3n) is 3.35. The SMILES string of the molecule is CC(C)[C@H](NC(=O)N(C)[C@H]1CCCNC1)C(=O)O. The molecule has 1 aliphatic rings. The van der Waals surface area contributed by atoms with Gasteiger partial charge in [-0.1, -0.05) is 13.8 Å². The van der Waals surface area contributed by atoms with Gasteiger partial charge in [-0.2, -0.15) is 0 Å². The number of likely N-dealkylation sites (N-methyl/N-ethyl adjacent to an activating group) is 1. The van der Waals surface area contributed by atoms with E-state index in [2.05, 4.69) is 10.6 Å². The number of carbonyl (C=O) groups excluding carboxylic acids is 1. The van der Waals surface area contributed by atoms with Gasteiger partial charge in [-0.05, 0) is 25.3 Å². The molecule has 1 heterocycles. The second-order valence-electron chi connectivity index (χ2n) is 5.12. The van der Waals surface area contributed by atoms with Gasteiger partial charge in [0, 0.05) is 19.6 Å². The number of carboxylic acid groups (broad SMARTS) is 1. The van der Waals surface area contributed by atoms with Crippen LogP contribution in [0.15, 0.2) is 0 Å². The van der Waals surface area contributed by atoms with E-state index >= 15 is 0 Å². The van der Waals surface area contributed by atoms with Gasteiger partial charge in [0.2, 0.25) is 0 Å². The minimum atomic E-state index is -0.992. The summed E-state index contributed by atoms with van der Waals surface area (Å²) in [6.45, 7) is 5.31. The Balaban J connectivity index is 2.54. The van der Waals surface area contributed by atoms with Gasteiger partial charge >= 0.3 is 12.0 Å². The molecule has 0 aliphatic carbocycles. The molecule has 0 saturated carbocycles. The Bertz CT molecular complexity index is 301. The van der Waals surface area contributed by atoms with Gasteiger partial charge in [-0.3, -0.25) is 0 Å². The summed E-state index contributed by atoms with van der Waals surface area (Å²) in [6, 6.07) is -1.01. The highest BCUT2D eigenvalue weighted by Gasteiger charge is 2.27. The zero-order chi connectivity index (χ0) is 13.7. The van der Waals surface area contributed by atoms with Crippen LogP contribution in [0.5, 0.6) is 0 Å². The van der Waals surface area contributed by atoms with Crippen LogP contribution >= 0.6 is 0 Å². The van der Waals surface area contributed by atoms with Crippen molar-refractivity contribution in [1.29, 1.82) is 0 Å². The molecule has 0 unspecified atom stereocenters. The van der Waals surface area contributed by atoms with Gasteiger partial charge < -0.3 is 20.6 Å². The number of hydrogen-bond donors (Lipinski definition) is 3. The fourth-order valence-corrected chi connectivity index (χ4v) is 2.08. The van der Waals surface area contributed by atoms with E-state index < -0.39 is 12.0 Å². The van der Waals surface area contributed by atoms with Crippen LogP contribution in [0.3, 0.4) is 0 Å². The number of nitrogens with one attached hydrogen (secondary N) is 2. The van der Waals surface area contributed by atoms with Crippen molar-refractivity contribution in [2.24, 2.45) is 5.92 Å². The summed E-state index contributed by atoms with van der Waals surface area (Å²) in [5.41, 5.74) is 0. The quantitative estimate of drug-likeness (QED) is 0.684. The van der Waals surface area contributed by atoms with Crippen LogP contribution in [0.1, 0.15) is 26.7 Å². The number of aliphatic carboxylic acids is 1. The predicted molar refractivity (Wildman–Crippen MR) is 68.4 cm³/mol. The molecule has 3 N–H and O–H groups in total. The molecule has 0 spiro atoms. The van der Waals surface area contributed by atoms with Crippen LogP contribution in [-0.4, -0.2) is 54.2 Å². The first-order valence-corrected chi connectivity index (χ1v) is 6.40. The molecule has 1 rings (SSSR count). The first kappa shape index (κ1) is 14.8. The fourth-order valence-electron chi connectivity index (χ4n) is 2.08. The molecular formula is C12H23N3O3. The Morgan fingerprint density at radius 3 is 2.56 bits per heavy atom. The van der Waals surface area contributed by atoms with Gasteiger partial charge in [0.05, 0.1) is 0 Å². The minimum Gasteiger partial charge on any atom is -0.480 e. The Labute approximate surface area is 108 Å². The van der Waals surface area contributed by atoms with E-state index in [1.807, 2.05) is 0 Å². The average molecular weight is 257 g/mol. The number of urea groups is 1. The molecule has 0 radical (unpaired) electrons. The van der Waals surface area contributed by atoms with Gasteiger partial charge in [-0.15, -0.1) is 0 Å². The largest absolute Gasteiger partial charge is 0.480 e. The molecule has 1 aliphatic heterocycles. The van der Waals surface area contributed by atoms with Crippen molar-refractivity contribution >= 4 is 12.0 Å². The normalized spacial score (nSPS) is 21.4. The Kier molecular flexibility index (Phi) is 5.40. The molecule has 1 fully saturated rings. The van der Waals surface area contributed by atoms with E-state index in [0.29, 0.717) is 0 Å². The number of carbonyl (C=O) groups is 2. The van der Waals surface area contributed by atoms with Crippen LogP contribution in [0.4, 0.5) is 4.79 Å². The monoisotopic (exact) mass is 257 g/mol. The molecule has 0 aromatic carbocycles. The molecule has 0 aromatic rings. The van der Waals surface area contributed by atoms with Gasteiger partial charge in [-0.25, -0.2) is 9.59 Å². The van der Waals surface area contributed by atoms with E-state index in [1.54, 1.807) is 25.8 Å². The van der Waals surface area contributed by atoms with Crippen LogP contribution in [0, 0.1) is 5.92 Å². The molecule has 6 heteroatoms. The lowest BCUT2D eigenvalue weighted by Gasteiger charge is -2.33. The van der Waals surface area contributed by atoms with Gasteiger partial charge in [0.1, 0.15) is 6.04 Å². The Morgan fingerprint density at radius 2 is 2.11 bits per heavy atom. The highest BCUT2D eigenvalue weighted by atomic mass is 16.4. The first-order valence-electron chi connectivity index (χ1n) is 6.40. The molecule has 2 atom stereocenters. The topological polar surface area (TPSA) is 81.7 Å². The summed E-state index contributed by atoms with van der Waals surface area (Å²) in [5.74, 6) is -1.13. The maximum Gasteiger partial charge on any atom is 0.326 e. The summed E-state index contributed by atoms with van der Waals surface area (Å²) >= 11 is 0. The number of hydrogen-bond acceptors (Lipinski definition) is 3. The van der Waals surface area contributed by atoms with E-state index in [4.69, 9.17) is 5.11 Å². The Hall–Kier alpha value is -1.30. The highest BCUT2D eigenvalue weighted by molar-refractivity contribution is 5.82. The smallest absolute Gasteiger partial charge is 0.326 e. The van der Waals surface area contributed by atoms with Crippen molar-refractivity contribution in [2.45, 2.75) is 38.8 Å². The maximum absolute atomic E-state index is 12.0. The summed E-state index contributed by atoms with van der Waals surface area (Å²) in [7, 11) is 1.71. The zero-order valence-corrected chi connectivity index (χ0v) is 11.3. The minimum absolute atomic E-state index is 0.135. The molecule has 104 valence electrons. The van der Waals surface area contributed by atoms with E-state index in [9.17, 15) is 9.59 Å². The highest BCUT2D eigenvalue weighted by Crippen LogP contribution is 2.09. The summed E-state index contributed by atoms with van der Waals surface area (Å²) in [5, 5.41) is 14.8.